The fraction of sp³-hybridized carbons (Fsp3) is 0.176. The Morgan fingerprint density at radius 3 is 2.52 bits per heavy atom. The number of ether oxygens (including phenoxy) is 3. The standard InChI is InChI=1S/C17H13Br2NO5/c1-9-4-11(18)16(12(19)5-9)20-15(21)7-23-17(22)10-2-3-13-14(6-10)25-8-24-13/h2-6H,7-8H2,1H3,(H,20,21). The van der Waals surface area contributed by atoms with Gasteiger partial charge in [0.15, 0.2) is 18.1 Å². The first-order chi connectivity index (χ1) is 11.9. The number of fused-ring (bicyclic) bond motifs is 1. The monoisotopic (exact) mass is 469 g/mol. The number of carbonyl (C=O) groups excluding carboxylic acids is 2. The number of halogens is 2. The molecule has 0 fully saturated rings. The molecule has 25 heavy (non-hydrogen) atoms. The van der Waals surface area contributed by atoms with E-state index in [4.69, 9.17) is 14.2 Å². The van der Waals surface area contributed by atoms with Crippen LogP contribution in [0.25, 0.3) is 0 Å². The molecule has 130 valence electrons. The molecular formula is C17H13Br2NO5. The molecule has 2 aromatic carbocycles. The molecule has 1 N–H and O–H groups in total. The van der Waals surface area contributed by atoms with Crippen LogP contribution in [0.4, 0.5) is 5.69 Å². The molecule has 3 rings (SSSR count). The van der Waals surface area contributed by atoms with Crippen molar-refractivity contribution in [1.29, 1.82) is 0 Å². The Hall–Kier alpha value is -2.06. The highest BCUT2D eigenvalue weighted by molar-refractivity contribution is 9.11. The molecule has 0 saturated heterocycles. The fourth-order valence-electron chi connectivity index (χ4n) is 2.23. The van der Waals surface area contributed by atoms with Gasteiger partial charge in [-0.15, -0.1) is 0 Å². The number of hydrogen-bond acceptors (Lipinski definition) is 5. The van der Waals surface area contributed by atoms with E-state index in [-0.39, 0.29) is 12.4 Å². The number of carbonyl (C=O) groups is 2. The van der Waals surface area contributed by atoms with Crippen LogP contribution in [0.5, 0.6) is 11.5 Å². The van der Waals surface area contributed by atoms with Gasteiger partial charge in [0.05, 0.1) is 11.3 Å². The Balaban J connectivity index is 1.60. The number of hydrogen-bond donors (Lipinski definition) is 1. The molecule has 1 aliphatic rings. The highest BCUT2D eigenvalue weighted by atomic mass is 79.9. The molecule has 8 heteroatoms. The van der Waals surface area contributed by atoms with Crippen LogP contribution in [0.3, 0.4) is 0 Å². The minimum absolute atomic E-state index is 0.122. The number of rotatable bonds is 4. The van der Waals surface area contributed by atoms with Crippen LogP contribution >= 0.6 is 31.9 Å². The molecule has 0 spiro atoms. The Morgan fingerprint density at radius 2 is 1.80 bits per heavy atom. The molecule has 0 radical (unpaired) electrons. The number of aryl methyl sites for hydroxylation is 1. The predicted octanol–water partition coefficient (Wildman–Crippen LogP) is 4.04. The first-order valence-corrected chi connectivity index (χ1v) is 8.85. The van der Waals surface area contributed by atoms with Crippen LogP contribution in [0.15, 0.2) is 39.3 Å². The fourth-order valence-corrected chi connectivity index (χ4v) is 3.85. The second-order valence-corrected chi connectivity index (χ2v) is 7.00. The van der Waals surface area contributed by atoms with Crippen LogP contribution in [0, 0.1) is 6.92 Å². The second kappa shape index (κ2) is 7.45. The summed E-state index contributed by atoms with van der Waals surface area (Å²) in [6, 6.07) is 8.45. The first kappa shape index (κ1) is 17.8. The number of esters is 1. The van der Waals surface area contributed by atoms with Crippen LogP contribution in [0.2, 0.25) is 0 Å². The summed E-state index contributed by atoms with van der Waals surface area (Å²) in [4.78, 5) is 24.1. The van der Waals surface area contributed by atoms with E-state index < -0.39 is 18.5 Å². The van der Waals surface area contributed by atoms with Crippen molar-refractivity contribution in [3.63, 3.8) is 0 Å². The van der Waals surface area contributed by atoms with Crippen molar-refractivity contribution in [2.75, 3.05) is 18.7 Å². The van der Waals surface area contributed by atoms with E-state index in [1.165, 1.54) is 6.07 Å². The molecule has 0 bridgehead atoms. The molecule has 2 aromatic rings. The number of nitrogens with one attached hydrogen (secondary N) is 1. The number of benzene rings is 2. The molecule has 0 atom stereocenters. The van der Waals surface area contributed by atoms with Gasteiger partial charge in [0, 0.05) is 8.95 Å². The molecule has 0 aliphatic carbocycles. The largest absolute Gasteiger partial charge is 0.454 e. The summed E-state index contributed by atoms with van der Waals surface area (Å²) >= 11 is 6.79. The van der Waals surface area contributed by atoms with Gasteiger partial charge in [-0.3, -0.25) is 4.79 Å². The van der Waals surface area contributed by atoms with Crippen molar-refractivity contribution in [3.05, 3.63) is 50.4 Å². The Bertz CT molecular complexity index is 830. The third-order valence-corrected chi connectivity index (χ3v) is 4.64. The maximum Gasteiger partial charge on any atom is 0.338 e. The van der Waals surface area contributed by atoms with E-state index in [0.717, 1.165) is 14.5 Å². The van der Waals surface area contributed by atoms with Gasteiger partial charge in [-0.1, -0.05) is 0 Å². The lowest BCUT2D eigenvalue weighted by atomic mass is 10.2. The topological polar surface area (TPSA) is 73.9 Å². The third kappa shape index (κ3) is 4.13. The summed E-state index contributed by atoms with van der Waals surface area (Å²) in [6.07, 6.45) is 0. The highest BCUT2D eigenvalue weighted by Crippen LogP contribution is 2.33. The summed E-state index contributed by atoms with van der Waals surface area (Å²) in [5, 5.41) is 2.70. The molecular weight excluding hydrogens is 458 g/mol. The Kier molecular flexibility index (Phi) is 5.29. The van der Waals surface area contributed by atoms with Gasteiger partial charge in [-0.05, 0) is 74.7 Å². The van der Waals surface area contributed by atoms with Crippen LogP contribution < -0.4 is 14.8 Å². The molecule has 0 saturated carbocycles. The number of amides is 1. The van der Waals surface area contributed by atoms with Gasteiger partial charge < -0.3 is 19.5 Å². The van der Waals surface area contributed by atoms with Crippen LogP contribution in [-0.4, -0.2) is 25.3 Å². The lowest BCUT2D eigenvalue weighted by Crippen LogP contribution is -2.21. The van der Waals surface area contributed by atoms with Crippen LogP contribution in [0.1, 0.15) is 15.9 Å². The molecule has 6 nitrogen and oxygen atoms in total. The Labute approximate surface area is 160 Å². The van der Waals surface area contributed by atoms with Crippen molar-refractivity contribution in [1.82, 2.24) is 0 Å². The summed E-state index contributed by atoms with van der Waals surface area (Å²) in [5.41, 5.74) is 1.90. The zero-order valence-electron chi connectivity index (χ0n) is 13.1. The number of anilines is 1. The molecule has 1 amide bonds. The van der Waals surface area contributed by atoms with Crippen molar-refractivity contribution < 1.29 is 23.8 Å². The zero-order chi connectivity index (χ0) is 18.0. The third-order valence-electron chi connectivity index (χ3n) is 3.39. The van der Waals surface area contributed by atoms with Crippen LogP contribution in [-0.2, 0) is 9.53 Å². The summed E-state index contributed by atoms with van der Waals surface area (Å²) in [6.45, 7) is 1.66. The average molecular weight is 471 g/mol. The second-order valence-electron chi connectivity index (χ2n) is 5.30. The maximum absolute atomic E-state index is 12.1. The quantitative estimate of drug-likeness (QED) is 0.682. The maximum atomic E-state index is 12.1. The minimum Gasteiger partial charge on any atom is -0.454 e. The smallest absolute Gasteiger partial charge is 0.338 e. The van der Waals surface area contributed by atoms with E-state index in [9.17, 15) is 9.59 Å². The summed E-state index contributed by atoms with van der Waals surface area (Å²) in [5.74, 6) is -0.00961. The summed E-state index contributed by atoms with van der Waals surface area (Å²) in [7, 11) is 0. The lowest BCUT2D eigenvalue weighted by molar-refractivity contribution is -0.119. The normalized spacial score (nSPS) is 12.0. The predicted molar refractivity (Wildman–Crippen MR) is 98.1 cm³/mol. The van der Waals surface area contributed by atoms with Crippen molar-refractivity contribution in [3.8, 4) is 11.5 Å². The SMILES string of the molecule is Cc1cc(Br)c(NC(=O)COC(=O)c2ccc3c(c2)OCO3)c(Br)c1. The van der Waals surface area contributed by atoms with Gasteiger partial charge in [0.25, 0.3) is 5.91 Å². The summed E-state index contributed by atoms with van der Waals surface area (Å²) < 4.78 is 16.9. The molecule has 0 unspecified atom stereocenters. The van der Waals surface area contributed by atoms with Gasteiger partial charge in [0.2, 0.25) is 6.79 Å². The van der Waals surface area contributed by atoms with Crippen molar-refractivity contribution in [2.24, 2.45) is 0 Å². The molecule has 1 heterocycles. The highest BCUT2D eigenvalue weighted by Gasteiger charge is 2.18. The van der Waals surface area contributed by atoms with E-state index in [0.29, 0.717) is 17.2 Å². The van der Waals surface area contributed by atoms with E-state index >= 15 is 0 Å². The minimum atomic E-state index is -0.615. The average Bonchev–Trinajstić information content (AvgIpc) is 3.03. The van der Waals surface area contributed by atoms with E-state index in [2.05, 4.69) is 37.2 Å². The lowest BCUT2D eigenvalue weighted by Gasteiger charge is -2.11. The Morgan fingerprint density at radius 1 is 1.12 bits per heavy atom. The zero-order valence-corrected chi connectivity index (χ0v) is 16.3. The van der Waals surface area contributed by atoms with E-state index in [1.54, 1.807) is 12.1 Å². The van der Waals surface area contributed by atoms with Gasteiger partial charge >= 0.3 is 5.97 Å². The van der Waals surface area contributed by atoms with E-state index in [1.807, 2.05) is 19.1 Å². The first-order valence-electron chi connectivity index (χ1n) is 7.26. The molecule has 0 aromatic heterocycles. The van der Waals surface area contributed by atoms with Gasteiger partial charge in [-0.2, -0.15) is 0 Å². The van der Waals surface area contributed by atoms with Gasteiger partial charge in [0.1, 0.15) is 0 Å². The van der Waals surface area contributed by atoms with Crippen molar-refractivity contribution in [2.45, 2.75) is 6.92 Å². The molecule has 1 aliphatic heterocycles. The van der Waals surface area contributed by atoms with Gasteiger partial charge in [-0.25, -0.2) is 4.79 Å². The van der Waals surface area contributed by atoms with Crippen molar-refractivity contribution >= 4 is 49.4 Å².